The fourth-order valence-corrected chi connectivity index (χ4v) is 1.93. The van der Waals surface area contributed by atoms with Crippen LogP contribution in [0, 0.1) is 0 Å². The third kappa shape index (κ3) is 2.43. The number of rotatable bonds is 3. The van der Waals surface area contributed by atoms with Gasteiger partial charge in [0.05, 0.1) is 11.1 Å². The first kappa shape index (κ1) is 12.3. The topological polar surface area (TPSA) is 66.8 Å². The van der Waals surface area contributed by atoms with Gasteiger partial charge < -0.3 is 14.9 Å². The van der Waals surface area contributed by atoms with Crippen LogP contribution in [0.1, 0.15) is 17.3 Å². The summed E-state index contributed by atoms with van der Waals surface area (Å²) in [5, 5.41) is 18.5. The minimum atomic E-state index is -1.22. The number of carboxylic acid groups (broad SMARTS) is 1. The zero-order chi connectivity index (χ0) is 11.6. The van der Waals surface area contributed by atoms with Crippen molar-refractivity contribution in [3.8, 4) is 11.5 Å². The number of aromatic carboxylic acids is 1. The smallest absolute Gasteiger partial charge is 0.340 e. The van der Waals surface area contributed by atoms with Gasteiger partial charge in [-0.1, -0.05) is 0 Å². The van der Waals surface area contributed by atoms with Crippen LogP contribution in [0.2, 0.25) is 0 Å². The zero-order valence-corrected chi connectivity index (χ0v) is 10.9. The van der Waals surface area contributed by atoms with Crippen LogP contribution in [0.4, 0.5) is 0 Å². The molecule has 0 aromatic heterocycles. The maximum Gasteiger partial charge on any atom is 0.340 e. The van der Waals surface area contributed by atoms with E-state index in [4.69, 9.17) is 9.84 Å². The number of aromatic hydroxyl groups is 1. The first-order chi connectivity index (χ1) is 6.99. The van der Waals surface area contributed by atoms with Crippen molar-refractivity contribution >= 4 is 37.8 Å². The van der Waals surface area contributed by atoms with Gasteiger partial charge in [-0.15, -0.1) is 0 Å². The van der Waals surface area contributed by atoms with Gasteiger partial charge in [-0.25, -0.2) is 4.79 Å². The van der Waals surface area contributed by atoms with E-state index in [0.29, 0.717) is 11.1 Å². The van der Waals surface area contributed by atoms with Crippen LogP contribution in [0.15, 0.2) is 15.0 Å². The van der Waals surface area contributed by atoms with E-state index < -0.39 is 5.97 Å². The summed E-state index contributed by atoms with van der Waals surface area (Å²) < 4.78 is 5.90. The highest BCUT2D eigenvalue weighted by Crippen LogP contribution is 2.40. The largest absolute Gasteiger partial charge is 0.504 e. The third-order valence-corrected chi connectivity index (χ3v) is 3.65. The van der Waals surface area contributed by atoms with E-state index in [0.717, 1.165) is 0 Å². The third-order valence-electron chi connectivity index (χ3n) is 1.67. The molecule has 2 N–H and O–H groups in total. The van der Waals surface area contributed by atoms with Crippen LogP contribution in [-0.4, -0.2) is 22.8 Å². The van der Waals surface area contributed by atoms with Gasteiger partial charge in [-0.3, -0.25) is 0 Å². The zero-order valence-electron chi connectivity index (χ0n) is 7.75. The summed E-state index contributed by atoms with van der Waals surface area (Å²) in [7, 11) is 0. The Bertz CT molecular complexity index is 404. The van der Waals surface area contributed by atoms with Crippen molar-refractivity contribution in [2.45, 2.75) is 6.92 Å². The van der Waals surface area contributed by atoms with Gasteiger partial charge in [0, 0.05) is 4.47 Å². The number of hydrogen-bond donors (Lipinski definition) is 2. The Labute approximate surface area is 103 Å². The van der Waals surface area contributed by atoms with Crippen LogP contribution in [-0.2, 0) is 0 Å². The Morgan fingerprint density at radius 2 is 2.13 bits per heavy atom. The molecule has 0 atom stereocenters. The van der Waals surface area contributed by atoms with Gasteiger partial charge in [0.25, 0.3) is 0 Å². The van der Waals surface area contributed by atoms with Gasteiger partial charge in [-0.05, 0) is 44.8 Å². The Hall–Kier alpha value is -0.750. The molecular formula is C9H8Br2O4. The number of carbonyl (C=O) groups is 1. The second-order valence-corrected chi connectivity index (χ2v) is 4.28. The molecular weight excluding hydrogens is 332 g/mol. The molecule has 0 radical (unpaired) electrons. The van der Waals surface area contributed by atoms with Crippen LogP contribution < -0.4 is 4.74 Å². The van der Waals surface area contributed by atoms with E-state index in [9.17, 15) is 9.90 Å². The van der Waals surface area contributed by atoms with Crippen molar-refractivity contribution in [3.05, 3.63) is 20.6 Å². The Balaban J connectivity index is 3.42. The SMILES string of the molecule is CCOc1cc(Br)c(Br)c(C(=O)O)c1O. The summed E-state index contributed by atoms with van der Waals surface area (Å²) in [6.45, 7) is 2.09. The highest BCUT2D eigenvalue weighted by Gasteiger charge is 2.21. The summed E-state index contributed by atoms with van der Waals surface area (Å²) in [6.07, 6.45) is 0. The molecule has 0 saturated carbocycles. The average Bonchev–Trinajstić information content (AvgIpc) is 2.14. The second-order valence-electron chi connectivity index (χ2n) is 2.63. The number of hydrogen-bond acceptors (Lipinski definition) is 3. The molecule has 0 saturated heterocycles. The summed E-state index contributed by atoms with van der Waals surface area (Å²) in [5.41, 5.74) is -0.215. The second kappa shape index (κ2) is 4.85. The molecule has 1 aromatic rings. The molecule has 15 heavy (non-hydrogen) atoms. The van der Waals surface area contributed by atoms with Crippen molar-refractivity contribution in [2.75, 3.05) is 6.61 Å². The monoisotopic (exact) mass is 338 g/mol. The van der Waals surface area contributed by atoms with E-state index in [2.05, 4.69) is 31.9 Å². The van der Waals surface area contributed by atoms with Gasteiger partial charge in [0.2, 0.25) is 0 Å². The number of carboxylic acids is 1. The molecule has 0 unspecified atom stereocenters. The normalized spacial score (nSPS) is 10.1. The average molecular weight is 340 g/mol. The molecule has 0 heterocycles. The van der Waals surface area contributed by atoms with Gasteiger partial charge in [-0.2, -0.15) is 0 Å². The van der Waals surface area contributed by atoms with Crippen LogP contribution in [0.3, 0.4) is 0 Å². The van der Waals surface area contributed by atoms with Crippen LogP contribution in [0.5, 0.6) is 11.5 Å². The molecule has 0 aliphatic carbocycles. The molecule has 0 fully saturated rings. The first-order valence-corrected chi connectivity index (χ1v) is 5.64. The molecule has 0 aliphatic rings. The predicted molar refractivity (Wildman–Crippen MR) is 61.6 cm³/mol. The van der Waals surface area contributed by atoms with E-state index in [1.54, 1.807) is 6.92 Å². The Morgan fingerprint density at radius 1 is 1.53 bits per heavy atom. The number of halogens is 2. The highest BCUT2D eigenvalue weighted by molar-refractivity contribution is 9.13. The molecule has 4 nitrogen and oxygen atoms in total. The maximum atomic E-state index is 10.9. The standard InChI is InChI=1S/C9H8Br2O4/c1-2-15-5-3-4(10)7(11)6(8(5)12)9(13)14/h3,12H,2H2,1H3,(H,13,14). The Kier molecular flexibility index (Phi) is 3.98. The highest BCUT2D eigenvalue weighted by atomic mass is 79.9. The summed E-state index contributed by atoms with van der Waals surface area (Å²) in [5.74, 6) is -1.45. The molecule has 1 aromatic carbocycles. The summed E-state index contributed by atoms with van der Waals surface area (Å²) in [6, 6.07) is 1.51. The predicted octanol–water partition coefficient (Wildman–Crippen LogP) is 3.01. The minimum absolute atomic E-state index is 0.143. The molecule has 0 spiro atoms. The molecule has 82 valence electrons. The van der Waals surface area contributed by atoms with Crippen molar-refractivity contribution in [2.24, 2.45) is 0 Å². The molecule has 0 aliphatic heterocycles. The lowest BCUT2D eigenvalue weighted by atomic mass is 10.2. The van der Waals surface area contributed by atoms with Crippen molar-refractivity contribution < 1.29 is 19.7 Å². The lowest BCUT2D eigenvalue weighted by Crippen LogP contribution is -2.02. The van der Waals surface area contributed by atoms with E-state index in [1.165, 1.54) is 6.07 Å². The summed E-state index contributed by atoms with van der Waals surface area (Å²) in [4.78, 5) is 10.9. The fourth-order valence-electron chi connectivity index (χ4n) is 1.05. The Morgan fingerprint density at radius 3 is 2.60 bits per heavy atom. The van der Waals surface area contributed by atoms with Gasteiger partial charge in [0.1, 0.15) is 5.56 Å². The maximum absolute atomic E-state index is 10.9. The van der Waals surface area contributed by atoms with E-state index >= 15 is 0 Å². The van der Waals surface area contributed by atoms with Crippen molar-refractivity contribution in [3.63, 3.8) is 0 Å². The van der Waals surface area contributed by atoms with E-state index in [1.807, 2.05) is 0 Å². The number of phenols is 1. The van der Waals surface area contributed by atoms with Crippen LogP contribution in [0.25, 0.3) is 0 Å². The fraction of sp³-hybridized carbons (Fsp3) is 0.222. The van der Waals surface area contributed by atoms with Gasteiger partial charge in [0.15, 0.2) is 11.5 Å². The molecule has 6 heteroatoms. The minimum Gasteiger partial charge on any atom is -0.504 e. The first-order valence-electron chi connectivity index (χ1n) is 4.06. The lowest BCUT2D eigenvalue weighted by Gasteiger charge is -2.10. The van der Waals surface area contributed by atoms with E-state index in [-0.39, 0.29) is 21.5 Å². The lowest BCUT2D eigenvalue weighted by molar-refractivity contribution is 0.0691. The number of ether oxygens (including phenoxy) is 1. The molecule has 1 rings (SSSR count). The van der Waals surface area contributed by atoms with Crippen molar-refractivity contribution in [1.82, 2.24) is 0 Å². The van der Waals surface area contributed by atoms with Gasteiger partial charge >= 0.3 is 5.97 Å². The molecule has 0 bridgehead atoms. The molecule has 0 amide bonds. The summed E-state index contributed by atoms with van der Waals surface area (Å²) >= 11 is 6.24. The quantitative estimate of drug-likeness (QED) is 0.888. The number of benzene rings is 1. The van der Waals surface area contributed by atoms with Crippen molar-refractivity contribution in [1.29, 1.82) is 0 Å². The van der Waals surface area contributed by atoms with Crippen LogP contribution >= 0.6 is 31.9 Å².